The Kier molecular flexibility index (Phi) is 5.57. The molecule has 0 saturated heterocycles. The summed E-state index contributed by atoms with van der Waals surface area (Å²) in [5.41, 5.74) is 0.182. The van der Waals surface area contributed by atoms with E-state index < -0.39 is 0 Å². The third kappa shape index (κ3) is 4.63. The Morgan fingerprint density at radius 1 is 1.31 bits per heavy atom. The SMILES string of the molecule is COCCC(C)C(CO)C(C)(C)C. The molecule has 0 aromatic carbocycles. The van der Waals surface area contributed by atoms with Crippen LogP contribution < -0.4 is 0 Å². The molecule has 0 aromatic rings. The smallest absolute Gasteiger partial charge is 0.0466 e. The lowest BCUT2D eigenvalue weighted by atomic mass is 9.73. The van der Waals surface area contributed by atoms with Gasteiger partial charge in [-0.25, -0.2) is 0 Å². The van der Waals surface area contributed by atoms with Crippen molar-refractivity contribution in [3.63, 3.8) is 0 Å². The van der Waals surface area contributed by atoms with E-state index in [2.05, 4.69) is 27.7 Å². The molecule has 0 heterocycles. The van der Waals surface area contributed by atoms with Crippen molar-refractivity contribution in [3.8, 4) is 0 Å². The summed E-state index contributed by atoms with van der Waals surface area (Å²) in [4.78, 5) is 0. The standard InChI is InChI=1S/C11H24O2/c1-9(6-7-13-5)10(8-12)11(2,3)4/h9-10,12H,6-8H2,1-5H3. The molecule has 0 bridgehead atoms. The van der Waals surface area contributed by atoms with Gasteiger partial charge < -0.3 is 9.84 Å². The first kappa shape index (κ1) is 12.9. The van der Waals surface area contributed by atoms with Crippen molar-refractivity contribution in [1.29, 1.82) is 0 Å². The highest BCUT2D eigenvalue weighted by Gasteiger charge is 2.28. The number of rotatable bonds is 5. The third-order valence-electron chi connectivity index (χ3n) is 2.77. The molecule has 0 aliphatic rings. The zero-order valence-corrected chi connectivity index (χ0v) is 9.63. The van der Waals surface area contributed by atoms with E-state index in [1.165, 1.54) is 0 Å². The summed E-state index contributed by atoms with van der Waals surface area (Å²) in [6.07, 6.45) is 1.03. The maximum atomic E-state index is 9.29. The number of hydrogen-bond donors (Lipinski definition) is 1. The molecule has 1 N–H and O–H groups in total. The van der Waals surface area contributed by atoms with E-state index in [1.807, 2.05) is 0 Å². The quantitative estimate of drug-likeness (QED) is 0.717. The van der Waals surface area contributed by atoms with Crippen LogP contribution >= 0.6 is 0 Å². The van der Waals surface area contributed by atoms with E-state index in [1.54, 1.807) is 7.11 Å². The van der Waals surface area contributed by atoms with Gasteiger partial charge in [0.25, 0.3) is 0 Å². The Hall–Kier alpha value is -0.0800. The molecule has 0 rings (SSSR count). The van der Waals surface area contributed by atoms with Crippen LogP contribution in [0.25, 0.3) is 0 Å². The van der Waals surface area contributed by atoms with Crippen molar-refractivity contribution in [1.82, 2.24) is 0 Å². The highest BCUT2D eigenvalue weighted by molar-refractivity contribution is 4.77. The number of methoxy groups -OCH3 is 1. The van der Waals surface area contributed by atoms with Crippen molar-refractivity contribution in [3.05, 3.63) is 0 Å². The highest BCUT2D eigenvalue weighted by Crippen LogP contribution is 2.33. The second-order valence-corrected chi connectivity index (χ2v) is 4.91. The van der Waals surface area contributed by atoms with Crippen molar-refractivity contribution in [2.75, 3.05) is 20.3 Å². The number of aliphatic hydroxyl groups excluding tert-OH is 1. The lowest BCUT2D eigenvalue weighted by Gasteiger charge is -2.34. The molecular formula is C11H24O2. The third-order valence-corrected chi connectivity index (χ3v) is 2.77. The number of aliphatic hydroxyl groups is 1. The van der Waals surface area contributed by atoms with Gasteiger partial charge >= 0.3 is 0 Å². The lowest BCUT2D eigenvalue weighted by Crippen LogP contribution is -2.30. The van der Waals surface area contributed by atoms with Crippen molar-refractivity contribution in [2.45, 2.75) is 34.1 Å². The highest BCUT2D eigenvalue weighted by atomic mass is 16.5. The zero-order valence-electron chi connectivity index (χ0n) is 9.63. The number of ether oxygens (including phenoxy) is 1. The first-order chi connectivity index (χ1) is 5.93. The average molecular weight is 188 g/mol. The monoisotopic (exact) mass is 188 g/mol. The van der Waals surface area contributed by atoms with Crippen LogP contribution in [0.5, 0.6) is 0 Å². The van der Waals surface area contributed by atoms with Gasteiger partial charge in [0.2, 0.25) is 0 Å². The molecule has 2 nitrogen and oxygen atoms in total. The van der Waals surface area contributed by atoms with Crippen molar-refractivity contribution >= 4 is 0 Å². The van der Waals surface area contributed by atoms with Gasteiger partial charge in [-0.2, -0.15) is 0 Å². The second-order valence-electron chi connectivity index (χ2n) is 4.91. The molecule has 0 radical (unpaired) electrons. The molecule has 0 spiro atoms. The van der Waals surface area contributed by atoms with Gasteiger partial charge in [0.1, 0.15) is 0 Å². The van der Waals surface area contributed by atoms with Crippen LogP contribution in [0.4, 0.5) is 0 Å². The summed E-state index contributed by atoms with van der Waals surface area (Å²) in [5, 5.41) is 9.29. The van der Waals surface area contributed by atoms with Gasteiger partial charge in [-0.05, 0) is 23.7 Å². The largest absolute Gasteiger partial charge is 0.396 e. The van der Waals surface area contributed by atoms with Crippen molar-refractivity contribution < 1.29 is 9.84 Å². The predicted octanol–water partition coefficient (Wildman–Crippen LogP) is 2.31. The van der Waals surface area contributed by atoms with Gasteiger partial charge in [-0.1, -0.05) is 27.7 Å². The fourth-order valence-electron chi connectivity index (χ4n) is 1.81. The molecule has 0 saturated carbocycles. The minimum atomic E-state index is 0.182. The van der Waals surface area contributed by atoms with Gasteiger partial charge in [0, 0.05) is 20.3 Å². The maximum Gasteiger partial charge on any atom is 0.0466 e. The Morgan fingerprint density at radius 2 is 1.85 bits per heavy atom. The van der Waals surface area contributed by atoms with Crippen molar-refractivity contribution in [2.24, 2.45) is 17.3 Å². The minimum absolute atomic E-state index is 0.182. The lowest BCUT2D eigenvalue weighted by molar-refractivity contribution is 0.0666. The van der Waals surface area contributed by atoms with E-state index >= 15 is 0 Å². The molecule has 80 valence electrons. The van der Waals surface area contributed by atoms with E-state index in [9.17, 15) is 5.11 Å². The Balaban J connectivity index is 4.07. The predicted molar refractivity (Wildman–Crippen MR) is 55.7 cm³/mol. The molecule has 0 amide bonds. The molecular weight excluding hydrogens is 164 g/mol. The van der Waals surface area contributed by atoms with Crippen LogP contribution in [-0.4, -0.2) is 25.4 Å². The average Bonchev–Trinajstić information content (AvgIpc) is 1.99. The van der Waals surface area contributed by atoms with E-state index in [0.717, 1.165) is 13.0 Å². The Bertz CT molecular complexity index is 127. The molecule has 0 aromatic heterocycles. The molecule has 2 unspecified atom stereocenters. The van der Waals surface area contributed by atoms with Gasteiger partial charge in [-0.3, -0.25) is 0 Å². The fourth-order valence-corrected chi connectivity index (χ4v) is 1.81. The molecule has 2 heteroatoms. The summed E-state index contributed by atoms with van der Waals surface area (Å²) in [5.74, 6) is 0.882. The topological polar surface area (TPSA) is 29.5 Å². The van der Waals surface area contributed by atoms with E-state index in [4.69, 9.17) is 4.74 Å². The summed E-state index contributed by atoms with van der Waals surface area (Å²) in [6, 6.07) is 0. The van der Waals surface area contributed by atoms with Crippen LogP contribution in [0.3, 0.4) is 0 Å². The van der Waals surface area contributed by atoms with Crippen LogP contribution in [0.1, 0.15) is 34.1 Å². The molecule has 0 fully saturated rings. The van der Waals surface area contributed by atoms with Gasteiger partial charge in [0.05, 0.1) is 0 Å². The normalized spacial score (nSPS) is 17.1. The summed E-state index contributed by atoms with van der Waals surface area (Å²) < 4.78 is 5.04. The first-order valence-corrected chi connectivity index (χ1v) is 5.03. The first-order valence-electron chi connectivity index (χ1n) is 5.03. The van der Waals surface area contributed by atoms with Crippen LogP contribution in [0.2, 0.25) is 0 Å². The molecule has 0 aliphatic heterocycles. The van der Waals surface area contributed by atoms with Crippen LogP contribution in [-0.2, 0) is 4.74 Å². The van der Waals surface area contributed by atoms with E-state index in [0.29, 0.717) is 11.8 Å². The maximum absolute atomic E-state index is 9.29. The van der Waals surface area contributed by atoms with Gasteiger partial charge in [-0.15, -0.1) is 0 Å². The fraction of sp³-hybridized carbons (Fsp3) is 1.00. The zero-order chi connectivity index (χ0) is 10.5. The van der Waals surface area contributed by atoms with Gasteiger partial charge in [0.15, 0.2) is 0 Å². The summed E-state index contributed by atoms with van der Waals surface area (Å²) >= 11 is 0. The number of hydrogen-bond acceptors (Lipinski definition) is 2. The van der Waals surface area contributed by atoms with Crippen LogP contribution in [0.15, 0.2) is 0 Å². The van der Waals surface area contributed by atoms with E-state index in [-0.39, 0.29) is 12.0 Å². The molecule has 2 atom stereocenters. The minimum Gasteiger partial charge on any atom is -0.396 e. The molecule has 0 aliphatic carbocycles. The van der Waals surface area contributed by atoms with Crippen LogP contribution in [0, 0.1) is 17.3 Å². The Morgan fingerprint density at radius 3 is 2.15 bits per heavy atom. The second kappa shape index (κ2) is 5.61. The molecule has 13 heavy (non-hydrogen) atoms. The summed E-state index contributed by atoms with van der Waals surface area (Å²) in [6.45, 7) is 9.78. The Labute approximate surface area is 82.3 Å². The summed E-state index contributed by atoms with van der Waals surface area (Å²) in [7, 11) is 1.72.